The zero-order valence-corrected chi connectivity index (χ0v) is 15.5. The summed E-state index contributed by atoms with van der Waals surface area (Å²) in [5.74, 6) is -0.0772. The first-order valence-electron chi connectivity index (χ1n) is 9.26. The molecule has 3 rings (SSSR count). The third kappa shape index (κ3) is 6.09. The highest BCUT2D eigenvalue weighted by Gasteiger charge is 2.08. The van der Waals surface area contributed by atoms with Crippen molar-refractivity contribution in [3.05, 3.63) is 102 Å². The molecule has 28 heavy (non-hydrogen) atoms. The molecule has 142 valence electrons. The third-order valence-corrected chi connectivity index (χ3v) is 4.23. The lowest BCUT2D eigenvalue weighted by Crippen LogP contribution is -2.08. The molecule has 0 N–H and O–H groups in total. The fraction of sp³-hybridized carbons (Fsp3) is 0.167. The van der Waals surface area contributed by atoms with Gasteiger partial charge in [0.15, 0.2) is 0 Å². The molecule has 3 aromatic carbocycles. The smallest absolute Gasteiger partial charge is 0.343 e. The minimum absolute atomic E-state index is 0.197. The van der Waals surface area contributed by atoms with E-state index in [1.807, 2.05) is 48.5 Å². The zero-order valence-electron chi connectivity index (χ0n) is 15.5. The molecule has 0 aliphatic carbocycles. The number of hydrogen-bond acceptors (Lipinski definition) is 4. The normalized spacial score (nSPS) is 10.3. The number of hydrogen-bond donors (Lipinski definition) is 0. The van der Waals surface area contributed by atoms with Crippen molar-refractivity contribution < 1.29 is 19.1 Å². The summed E-state index contributed by atoms with van der Waals surface area (Å²) < 4.78 is 10.6. The van der Waals surface area contributed by atoms with Gasteiger partial charge in [0.05, 0.1) is 5.56 Å². The van der Waals surface area contributed by atoms with Crippen molar-refractivity contribution >= 4 is 11.9 Å². The average molecular weight is 374 g/mol. The molecule has 0 aromatic heterocycles. The summed E-state index contributed by atoms with van der Waals surface area (Å²) in [6.07, 6.45) is 1.84. The summed E-state index contributed by atoms with van der Waals surface area (Å²) in [7, 11) is 0. The summed E-state index contributed by atoms with van der Waals surface area (Å²) in [4.78, 5) is 23.9. The van der Waals surface area contributed by atoms with E-state index in [4.69, 9.17) is 9.47 Å². The molecule has 0 spiro atoms. The monoisotopic (exact) mass is 374 g/mol. The molecule has 0 heterocycles. The van der Waals surface area contributed by atoms with Gasteiger partial charge in [-0.1, -0.05) is 60.7 Å². The second kappa shape index (κ2) is 10.1. The van der Waals surface area contributed by atoms with Crippen LogP contribution in [-0.2, 0) is 22.6 Å². The standard InChI is InChI=1S/C24H22O4/c25-23(27-18-20-8-3-1-4-9-20)13-7-10-19-14-16-22(17-15-19)28-24(26)21-11-5-2-6-12-21/h1-6,8-9,11-12,14-17H,7,10,13,18H2. The Hall–Kier alpha value is -3.40. The molecular formula is C24H22O4. The van der Waals surface area contributed by atoms with Crippen LogP contribution < -0.4 is 4.74 Å². The van der Waals surface area contributed by atoms with Gasteiger partial charge in [-0.15, -0.1) is 0 Å². The van der Waals surface area contributed by atoms with E-state index in [-0.39, 0.29) is 11.9 Å². The Morgan fingerprint density at radius 1 is 0.714 bits per heavy atom. The number of carbonyl (C=O) groups excluding carboxylic acids is 2. The van der Waals surface area contributed by atoms with Gasteiger partial charge in [0, 0.05) is 6.42 Å². The summed E-state index contributed by atoms with van der Waals surface area (Å²) in [6.45, 7) is 0.307. The van der Waals surface area contributed by atoms with Crippen molar-refractivity contribution in [3.63, 3.8) is 0 Å². The van der Waals surface area contributed by atoms with Crippen LogP contribution in [0.25, 0.3) is 0 Å². The quantitative estimate of drug-likeness (QED) is 0.412. The molecule has 0 aliphatic rings. The van der Waals surface area contributed by atoms with E-state index >= 15 is 0 Å². The molecule has 0 radical (unpaired) electrons. The molecule has 0 amide bonds. The van der Waals surface area contributed by atoms with Crippen LogP contribution in [0.2, 0.25) is 0 Å². The van der Waals surface area contributed by atoms with E-state index in [1.165, 1.54) is 0 Å². The minimum atomic E-state index is -0.380. The maximum Gasteiger partial charge on any atom is 0.343 e. The Morgan fingerprint density at radius 3 is 2.04 bits per heavy atom. The summed E-state index contributed by atoms with van der Waals surface area (Å²) >= 11 is 0. The summed E-state index contributed by atoms with van der Waals surface area (Å²) in [5, 5.41) is 0. The van der Waals surface area contributed by atoms with E-state index in [9.17, 15) is 9.59 Å². The maximum atomic E-state index is 12.0. The van der Waals surface area contributed by atoms with Crippen molar-refractivity contribution in [3.8, 4) is 5.75 Å². The van der Waals surface area contributed by atoms with E-state index in [2.05, 4.69) is 0 Å². The molecule has 0 aliphatic heterocycles. The molecule has 4 heteroatoms. The predicted molar refractivity (Wildman–Crippen MR) is 107 cm³/mol. The second-order valence-corrected chi connectivity index (χ2v) is 6.40. The van der Waals surface area contributed by atoms with E-state index in [1.54, 1.807) is 36.4 Å². The zero-order chi connectivity index (χ0) is 19.6. The molecule has 0 unspecified atom stereocenters. The molecule has 0 saturated carbocycles. The predicted octanol–water partition coefficient (Wildman–Crippen LogP) is 4.97. The van der Waals surface area contributed by atoms with Crippen LogP contribution in [0.5, 0.6) is 5.75 Å². The maximum absolute atomic E-state index is 12.0. The fourth-order valence-electron chi connectivity index (χ4n) is 2.71. The number of ether oxygens (including phenoxy) is 2. The van der Waals surface area contributed by atoms with Crippen LogP contribution in [0, 0.1) is 0 Å². The first-order valence-corrected chi connectivity index (χ1v) is 9.26. The number of carbonyl (C=O) groups is 2. The van der Waals surface area contributed by atoms with Gasteiger partial charge in [-0.05, 0) is 48.2 Å². The van der Waals surface area contributed by atoms with E-state index in [0.29, 0.717) is 30.8 Å². The number of esters is 2. The molecule has 4 nitrogen and oxygen atoms in total. The topological polar surface area (TPSA) is 52.6 Å². The van der Waals surface area contributed by atoms with E-state index in [0.717, 1.165) is 17.5 Å². The molecule has 0 saturated heterocycles. The van der Waals surface area contributed by atoms with Crippen molar-refractivity contribution in [1.29, 1.82) is 0 Å². The van der Waals surface area contributed by atoms with Crippen molar-refractivity contribution in [2.75, 3.05) is 0 Å². The Bertz CT molecular complexity index is 887. The first kappa shape index (κ1) is 19.4. The lowest BCUT2D eigenvalue weighted by Gasteiger charge is -2.07. The number of rotatable bonds is 8. The molecule has 0 bridgehead atoms. The molecular weight excluding hydrogens is 352 g/mol. The third-order valence-electron chi connectivity index (χ3n) is 4.23. The highest BCUT2D eigenvalue weighted by molar-refractivity contribution is 5.90. The minimum Gasteiger partial charge on any atom is -0.461 e. The van der Waals surface area contributed by atoms with Crippen LogP contribution in [-0.4, -0.2) is 11.9 Å². The van der Waals surface area contributed by atoms with Crippen LogP contribution in [0.1, 0.15) is 34.3 Å². The Kier molecular flexibility index (Phi) is 6.96. The van der Waals surface area contributed by atoms with Gasteiger partial charge in [0.25, 0.3) is 0 Å². The summed E-state index contributed by atoms with van der Waals surface area (Å²) in [6, 6.07) is 25.9. The van der Waals surface area contributed by atoms with Crippen LogP contribution in [0.15, 0.2) is 84.9 Å². The highest BCUT2D eigenvalue weighted by Crippen LogP contribution is 2.16. The van der Waals surface area contributed by atoms with Crippen LogP contribution in [0.3, 0.4) is 0 Å². The second-order valence-electron chi connectivity index (χ2n) is 6.40. The van der Waals surface area contributed by atoms with Gasteiger partial charge in [-0.25, -0.2) is 4.79 Å². The fourth-order valence-corrected chi connectivity index (χ4v) is 2.71. The Labute approximate surface area is 164 Å². The van der Waals surface area contributed by atoms with Crippen molar-refractivity contribution in [1.82, 2.24) is 0 Å². The van der Waals surface area contributed by atoms with Gasteiger partial charge in [-0.2, -0.15) is 0 Å². The van der Waals surface area contributed by atoms with Crippen molar-refractivity contribution in [2.45, 2.75) is 25.9 Å². The van der Waals surface area contributed by atoms with Crippen LogP contribution >= 0.6 is 0 Å². The van der Waals surface area contributed by atoms with Gasteiger partial charge < -0.3 is 9.47 Å². The van der Waals surface area contributed by atoms with Gasteiger partial charge in [-0.3, -0.25) is 4.79 Å². The number of benzene rings is 3. The average Bonchev–Trinajstić information content (AvgIpc) is 2.75. The molecule has 0 atom stereocenters. The first-order chi connectivity index (χ1) is 13.7. The lowest BCUT2D eigenvalue weighted by molar-refractivity contribution is -0.145. The van der Waals surface area contributed by atoms with Gasteiger partial charge in [0.2, 0.25) is 0 Å². The Balaban J connectivity index is 1.39. The van der Waals surface area contributed by atoms with Crippen LogP contribution in [0.4, 0.5) is 0 Å². The number of aryl methyl sites for hydroxylation is 1. The Morgan fingerprint density at radius 2 is 1.36 bits per heavy atom. The van der Waals surface area contributed by atoms with E-state index < -0.39 is 0 Å². The summed E-state index contributed by atoms with van der Waals surface area (Å²) in [5.41, 5.74) is 2.58. The highest BCUT2D eigenvalue weighted by atomic mass is 16.5. The lowest BCUT2D eigenvalue weighted by atomic mass is 10.1. The SMILES string of the molecule is O=C(CCCc1ccc(OC(=O)c2ccccc2)cc1)OCc1ccccc1. The van der Waals surface area contributed by atoms with Crippen molar-refractivity contribution in [2.24, 2.45) is 0 Å². The van der Waals surface area contributed by atoms with Gasteiger partial charge >= 0.3 is 11.9 Å². The molecule has 0 fully saturated rings. The largest absolute Gasteiger partial charge is 0.461 e. The molecule has 3 aromatic rings. The van der Waals surface area contributed by atoms with Gasteiger partial charge in [0.1, 0.15) is 12.4 Å².